The van der Waals surface area contributed by atoms with Gasteiger partial charge in [-0.25, -0.2) is 4.79 Å². The summed E-state index contributed by atoms with van der Waals surface area (Å²) in [7, 11) is 4.28. The molecule has 0 saturated carbocycles. The van der Waals surface area contributed by atoms with Crippen LogP contribution in [-0.4, -0.2) is 46.3 Å². The number of hydrogen-bond acceptors (Lipinski definition) is 6. The van der Waals surface area contributed by atoms with Gasteiger partial charge in [-0.3, -0.25) is 4.79 Å². The lowest BCUT2D eigenvalue weighted by molar-refractivity contribution is -0.120. The van der Waals surface area contributed by atoms with Gasteiger partial charge in [0.1, 0.15) is 0 Å². The molecule has 0 aromatic heterocycles. The molecule has 0 atom stereocenters. The minimum absolute atomic E-state index is 0.115. The summed E-state index contributed by atoms with van der Waals surface area (Å²) in [6.45, 7) is 3.67. The minimum Gasteiger partial charge on any atom is -0.493 e. The van der Waals surface area contributed by atoms with Gasteiger partial charge >= 0.3 is 5.97 Å². The molecular formula is C23H28N2O5. The zero-order chi connectivity index (χ0) is 21.7. The summed E-state index contributed by atoms with van der Waals surface area (Å²) in [5.41, 5.74) is 2.97. The average Bonchev–Trinajstić information content (AvgIpc) is 2.78. The van der Waals surface area contributed by atoms with Crippen molar-refractivity contribution in [2.45, 2.75) is 19.8 Å². The first-order valence-electron chi connectivity index (χ1n) is 9.93. The molecule has 1 fully saturated rings. The lowest BCUT2D eigenvalue weighted by atomic mass is 9.95. The van der Waals surface area contributed by atoms with Crippen LogP contribution in [0.1, 0.15) is 28.8 Å². The molecule has 2 aromatic carbocycles. The molecule has 1 saturated heterocycles. The van der Waals surface area contributed by atoms with Gasteiger partial charge in [-0.1, -0.05) is 17.7 Å². The first-order valence-corrected chi connectivity index (χ1v) is 9.93. The summed E-state index contributed by atoms with van der Waals surface area (Å²) in [5, 5.41) is 2.89. The topological polar surface area (TPSA) is 77.1 Å². The predicted octanol–water partition coefficient (Wildman–Crippen LogP) is 3.65. The standard InChI is InChI=1S/C23H28N2O5/c1-15-5-7-17(8-6-15)25-11-9-16(10-12-25)22(26)24-19-14-21(29-3)20(28-2)13-18(19)23(27)30-4/h5-8,13-14,16H,9-12H2,1-4H3,(H,24,26). The Kier molecular flexibility index (Phi) is 6.82. The van der Waals surface area contributed by atoms with Gasteiger partial charge in [0, 0.05) is 36.8 Å². The van der Waals surface area contributed by atoms with E-state index in [0.29, 0.717) is 17.2 Å². The maximum Gasteiger partial charge on any atom is 0.340 e. The van der Waals surface area contributed by atoms with E-state index in [1.54, 1.807) is 6.07 Å². The molecule has 0 bridgehead atoms. The lowest BCUT2D eigenvalue weighted by Crippen LogP contribution is -2.38. The SMILES string of the molecule is COC(=O)c1cc(OC)c(OC)cc1NC(=O)C1CCN(c2ccc(C)cc2)CC1. The van der Waals surface area contributed by atoms with E-state index in [0.717, 1.165) is 25.9 Å². The van der Waals surface area contributed by atoms with Gasteiger partial charge < -0.3 is 24.4 Å². The molecule has 7 heteroatoms. The van der Waals surface area contributed by atoms with Crippen LogP contribution in [0.3, 0.4) is 0 Å². The van der Waals surface area contributed by atoms with Gasteiger partial charge in [0.25, 0.3) is 0 Å². The fourth-order valence-electron chi connectivity index (χ4n) is 3.65. The molecule has 2 aromatic rings. The third-order valence-electron chi connectivity index (χ3n) is 5.45. The quantitative estimate of drug-likeness (QED) is 0.730. The number of amides is 1. The van der Waals surface area contributed by atoms with Gasteiger partial charge in [-0.05, 0) is 31.9 Å². The first-order chi connectivity index (χ1) is 14.5. The first kappa shape index (κ1) is 21.5. The van der Waals surface area contributed by atoms with Gasteiger partial charge in [-0.2, -0.15) is 0 Å². The van der Waals surface area contributed by atoms with Crippen LogP contribution in [0, 0.1) is 12.8 Å². The van der Waals surface area contributed by atoms with Gasteiger partial charge in [0.15, 0.2) is 11.5 Å². The molecule has 3 rings (SSSR count). The van der Waals surface area contributed by atoms with Crippen molar-refractivity contribution < 1.29 is 23.8 Å². The van der Waals surface area contributed by atoms with Crippen molar-refractivity contribution in [2.24, 2.45) is 5.92 Å². The second-order valence-electron chi connectivity index (χ2n) is 7.33. The van der Waals surface area contributed by atoms with Crippen molar-refractivity contribution in [1.82, 2.24) is 0 Å². The Hall–Kier alpha value is -3.22. The number of carbonyl (C=O) groups excluding carboxylic acids is 2. The molecule has 1 aliphatic rings. The van der Waals surface area contributed by atoms with Crippen LogP contribution in [0.15, 0.2) is 36.4 Å². The molecule has 160 valence electrons. The van der Waals surface area contributed by atoms with E-state index in [9.17, 15) is 9.59 Å². The molecule has 1 aliphatic heterocycles. The molecule has 7 nitrogen and oxygen atoms in total. The second-order valence-corrected chi connectivity index (χ2v) is 7.33. The highest BCUT2D eigenvalue weighted by Gasteiger charge is 2.27. The van der Waals surface area contributed by atoms with Crippen LogP contribution in [0.25, 0.3) is 0 Å². The number of benzene rings is 2. The van der Waals surface area contributed by atoms with Crippen LogP contribution >= 0.6 is 0 Å². The molecule has 0 spiro atoms. The number of rotatable bonds is 6. The minimum atomic E-state index is -0.555. The lowest BCUT2D eigenvalue weighted by Gasteiger charge is -2.33. The maximum atomic E-state index is 12.9. The zero-order valence-corrected chi connectivity index (χ0v) is 17.9. The Bertz CT molecular complexity index is 903. The van der Waals surface area contributed by atoms with Crippen molar-refractivity contribution in [3.63, 3.8) is 0 Å². The second kappa shape index (κ2) is 9.52. The van der Waals surface area contributed by atoms with E-state index in [2.05, 4.69) is 41.4 Å². The number of anilines is 2. The number of carbonyl (C=O) groups is 2. The zero-order valence-electron chi connectivity index (χ0n) is 17.9. The number of hydrogen-bond donors (Lipinski definition) is 1. The Morgan fingerprint density at radius 1 is 0.967 bits per heavy atom. The normalized spacial score (nSPS) is 14.2. The summed E-state index contributed by atoms with van der Waals surface area (Å²) >= 11 is 0. The van der Waals surface area contributed by atoms with Crippen molar-refractivity contribution in [3.8, 4) is 11.5 Å². The molecule has 0 unspecified atom stereocenters. The van der Waals surface area contributed by atoms with E-state index >= 15 is 0 Å². The van der Waals surface area contributed by atoms with Gasteiger partial charge in [0.05, 0.1) is 32.6 Å². The van der Waals surface area contributed by atoms with Gasteiger partial charge in [0.2, 0.25) is 5.91 Å². The summed E-state index contributed by atoms with van der Waals surface area (Å²) in [6, 6.07) is 11.5. The van der Waals surface area contributed by atoms with Crippen LogP contribution in [0.2, 0.25) is 0 Å². The van der Waals surface area contributed by atoms with Crippen molar-refractivity contribution in [3.05, 3.63) is 47.5 Å². The Morgan fingerprint density at radius 3 is 2.13 bits per heavy atom. The average molecular weight is 412 g/mol. The number of aryl methyl sites for hydroxylation is 1. The van der Waals surface area contributed by atoms with Gasteiger partial charge in [-0.15, -0.1) is 0 Å². The molecule has 1 N–H and O–H groups in total. The molecule has 30 heavy (non-hydrogen) atoms. The van der Waals surface area contributed by atoms with E-state index in [1.165, 1.54) is 38.6 Å². The third kappa shape index (κ3) is 4.67. The Morgan fingerprint density at radius 2 is 1.57 bits per heavy atom. The molecule has 1 amide bonds. The number of ether oxygens (including phenoxy) is 3. The molecular weight excluding hydrogens is 384 g/mol. The van der Waals surface area contributed by atoms with Crippen LogP contribution < -0.4 is 19.7 Å². The fourth-order valence-corrected chi connectivity index (χ4v) is 3.65. The van der Waals surface area contributed by atoms with E-state index in [1.807, 2.05) is 0 Å². The highest BCUT2D eigenvalue weighted by atomic mass is 16.5. The number of esters is 1. The summed E-state index contributed by atoms with van der Waals surface area (Å²) in [5.74, 6) is 0.0126. The Labute approximate surface area is 176 Å². The summed E-state index contributed by atoms with van der Waals surface area (Å²) < 4.78 is 15.4. The molecule has 0 aliphatic carbocycles. The number of nitrogens with zero attached hydrogens (tertiary/aromatic N) is 1. The number of nitrogens with one attached hydrogen (secondary N) is 1. The number of methoxy groups -OCH3 is 3. The Balaban J connectivity index is 1.71. The molecule has 1 heterocycles. The summed E-state index contributed by atoms with van der Waals surface area (Å²) in [4.78, 5) is 27.4. The largest absolute Gasteiger partial charge is 0.493 e. The van der Waals surface area contributed by atoms with Crippen molar-refractivity contribution in [2.75, 3.05) is 44.6 Å². The fraction of sp³-hybridized carbons (Fsp3) is 0.391. The van der Waals surface area contributed by atoms with Crippen molar-refractivity contribution in [1.29, 1.82) is 0 Å². The highest BCUT2D eigenvalue weighted by Crippen LogP contribution is 2.34. The maximum absolute atomic E-state index is 12.9. The van der Waals surface area contributed by atoms with E-state index < -0.39 is 5.97 Å². The van der Waals surface area contributed by atoms with E-state index in [-0.39, 0.29) is 17.4 Å². The highest BCUT2D eigenvalue weighted by molar-refractivity contribution is 6.02. The monoisotopic (exact) mass is 412 g/mol. The molecule has 0 radical (unpaired) electrons. The predicted molar refractivity (Wildman–Crippen MR) is 116 cm³/mol. The number of piperidine rings is 1. The summed E-state index contributed by atoms with van der Waals surface area (Å²) in [6.07, 6.45) is 1.47. The van der Waals surface area contributed by atoms with E-state index in [4.69, 9.17) is 14.2 Å². The third-order valence-corrected chi connectivity index (χ3v) is 5.45. The van der Waals surface area contributed by atoms with Crippen LogP contribution in [-0.2, 0) is 9.53 Å². The van der Waals surface area contributed by atoms with Crippen LogP contribution in [0.4, 0.5) is 11.4 Å². The van der Waals surface area contributed by atoms with Crippen LogP contribution in [0.5, 0.6) is 11.5 Å². The smallest absolute Gasteiger partial charge is 0.340 e. The van der Waals surface area contributed by atoms with Crippen molar-refractivity contribution >= 4 is 23.3 Å².